The van der Waals surface area contributed by atoms with E-state index >= 15 is 0 Å². The zero-order valence-corrected chi connectivity index (χ0v) is 8.88. The average Bonchev–Trinajstić information content (AvgIpc) is 2.35. The second kappa shape index (κ2) is 3.52. The number of carboxylic acid groups (broad SMARTS) is 1. The van der Waals surface area contributed by atoms with Crippen LogP contribution in [0.15, 0.2) is 48.5 Å². The highest BCUT2D eigenvalue weighted by atomic mass is 16.8. The van der Waals surface area contributed by atoms with E-state index in [4.69, 9.17) is 0 Å². The van der Waals surface area contributed by atoms with Crippen molar-refractivity contribution in [3.63, 3.8) is 0 Å². The van der Waals surface area contributed by atoms with E-state index in [2.05, 4.69) is 9.68 Å². The molecular formula is C13H10NO3+. The number of fused-ring (bicyclic) bond motifs is 2. The molecule has 0 fully saturated rings. The van der Waals surface area contributed by atoms with Crippen molar-refractivity contribution in [1.82, 2.24) is 0 Å². The summed E-state index contributed by atoms with van der Waals surface area (Å²) in [7, 11) is 0. The molecule has 84 valence electrons. The van der Waals surface area contributed by atoms with Crippen molar-refractivity contribution >= 4 is 17.5 Å². The number of nitrogens with one attached hydrogen (secondary N) is 1. The zero-order chi connectivity index (χ0) is 11.8. The minimum atomic E-state index is -1.06. The van der Waals surface area contributed by atoms with E-state index in [-0.39, 0.29) is 0 Å². The molecule has 2 aromatic carbocycles. The van der Waals surface area contributed by atoms with Crippen molar-refractivity contribution in [2.24, 2.45) is 0 Å². The normalized spacial score (nSPS) is 12.4. The van der Waals surface area contributed by atoms with Gasteiger partial charge < -0.3 is 14.8 Å². The number of para-hydroxylation sites is 4. The molecule has 0 saturated heterocycles. The van der Waals surface area contributed by atoms with Gasteiger partial charge >= 0.3 is 6.16 Å². The van der Waals surface area contributed by atoms with Crippen molar-refractivity contribution in [2.75, 3.05) is 5.32 Å². The molecule has 0 amide bonds. The Kier molecular flexibility index (Phi) is 2.01. The van der Waals surface area contributed by atoms with Crippen LogP contribution in [0.3, 0.4) is 0 Å². The van der Waals surface area contributed by atoms with Crippen LogP contribution in [0, 0.1) is 0 Å². The summed E-state index contributed by atoms with van der Waals surface area (Å²) in [5.74, 6) is 1.14. The average molecular weight is 228 g/mol. The van der Waals surface area contributed by atoms with Crippen molar-refractivity contribution in [3.8, 4) is 11.5 Å². The summed E-state index contributed by atoms with van der Waals surface area (Å²) in [5, 5.41) is 12.5. The summed E-state index contributed by atoms with van der Waals surface area (Å²) in [6.07, 6.45) is -1.06. The molecular weight excluding hydrogens is 218 g/mol. The first-order chi connectivity index (χ1) is 8.27. The Balaban J connectivity index is 2.24. The lowest BCUT2D eigenvalue weighted by atomic mass is 10.2. The Morgan fingerprint density at radius 2 is 1.41 bits per heavy atom. The highest BCUT2D eigenvalue weighted by Crippen LogP contribution is 2.46. The van der Waals surface area contributed by atoms with E-state index in [9.17, 15) is 9.90 Å². The van der Waals surface area contributed by atoms with E-state index in [0.29, 0.717) is 11.5 Å². The second-order valence-electron chi connectivity index (χ2n) is 3.69. The van der Waals surface area contributed by atoms with Gasteiger partial charge in [0, 0.05) is 4.79 Å². The predicted octanol–water partition coefficient (Wildman–Crippen LogP) is 3.75. The van der Waals surface area contributed by atoms with Gasteiger partial charge in [0.05, 0.1) is 11.4 Å². The summed E-state index contributed by atoms with van der Waals surface area (Å²) >= 11 is 0. The third-order valence-corrected chi connectivity index (χ3v) is 2.66. The Labute approximate surface area is 97.8 Å². The molecule has 2 aromatic rings. The molecule has 0 saturated carbocycles. The van der Waals surface area contributed by atoms with Gasteiger partial charge in [0.1, 0.15) is 0 Å². The highest BCUT2D eigenvalue weighted by Gasteiger charge is 2.31. The standard InChI is InChI=1S/C13H9NO3/c15-13(16)17-11-7-3-1-5-9(11)14-10-6-2-4-8-12(10)17/h1-8,14H/p+1. The van der Waals surface area contributed by atoms with Crippen LogP contribution in [0.1, 0.15) is 0 Å². The first-order valence-electron chi connectivity index (χ1n) is 5.19. The van der Waals surface area contributed by atoms with E-state index in [1.54, 1.807) is 24.3 Å². The lowest BCUT2D eigenvalue weighted by Crippen LogP contribution is -2.25. The molecule has 0 atom stereocenters. The number of benzene rings is 2. The largest absolute Gasteiger partial charge is 0.736 e. The zero-order valence-electron chi connectivity index (χ0n) is 8.88. The fourth-order valence-electron chi connectivity index (χ4n) is 1.95. The maximum Gasteiger partial charge on any atom is 0.736 e. The topological polar surface area (TPSA) is 52.0 Å². The van der Waals surface area contributed by atoms with Crippen LogP contribution in [0.25, 0.3) is 0 Å². The Morgan fingerprint density at radius 3 is 1.88 bits per heavy atom. The molecule has 1 aliphatic heterocycles. The molecule has 0 radical (unpaired) electrons. The number of hydrogen-bond acceptors (Lipinski definition) is 2. The second-order valence-corrected chi connectivity index (χ2v) is 3.69. The van der Waals surface area contributed by atoms with Gasteiger partial charge in [-0.05, 0) is 24.3 Å². The number of hydrogen-bond donors (Lipinski definition) is 2. The van der Waals surface area contributed by atoms with Crippen LogP contribution in [-0.4, -0.2) is 11.3 Å². The SMILES string of the molecule is O=C(O)[O+]1c2ccccc2Nc2ccccc21. The summed E-state index contributed by atoms with van der Waals surface area (Å²) in [5.41, 5.74) is 1.53. The first kappa shape index (κ1) is 9.72. The van der Waals surface area contributed by atoms with E-state index < -0.39 is 6.16 Å². The smallest absolute Gasteiger partial charge is 0.448 e. The van der Waals surface area contributed by atoms with Gasteiger partial charge in [-0.15, -0.1) is 0 Å². The molecule has 3 rings (SSSR count). The minimum absolute atomic E-state index is 0.568. The first-order valence-corrected chi connectivity index (χ1v) is 5.19. The van der Waals surface area contributed by atoms with Crippen molar-refractivity contribution in [2.45, 2.75) is 0 Å². The van der Waals surface area contributed by atoms with E-state index in [0.717, 1.165) is 11.4 Å². The van der Waals surface area contributed by atoms with Crippen molar-refractivity contribution in [1.29, 1.82) is 0 Å². The quantitative estimate of drug-likeness (QED) is 0.410. The van der Waals surface area contributed by atoms with Crippen LogP contribution in [-0.2, 0) is 0 Å². The lowest BCUT2D eigenvalue weighted by Gasteiger charge is -2.29. The highest BCUT2D eigenvalue weighted by molar-refractivity contribution is 5.83. The Hall–Kier alpha value is -2.49. The molecule has 17 heavy (non-hydrogen) atoms. The third-order valence-electron chi connectivity index (χ3n) is 2.66. The molecule has 2 N–H and O–H groups in total. The molecule has 0 aliphatic carbocycles. The molecule has 4 heteroatoms. The van der Waals surface area contributed by atoms with Crippen molar-refractivity contribution in [3.05, 3.63) is 48.5 Å². The van der Waals surface area contributed by atoms with Crippen LogP contribution in [0.2, 0.25) is 0 Å². The lowest BCUT2D eigenvalue weighted by molar-refractivity contribution is 0.0795. The fourth-order valence-corrected chi connectivity index (χ4v) is 1.95. The fraction of sp³-hybridized carbons (Fsp3) is 0. The summed E-state index contributed by atoms with van der Waals surface area (Å²) in [6, 6.07) is 14.5. The van der Waals surface area contributed by atoms with E-state index in [1.807, 2.05) is 24.3 Å². The van der Waals surface area contributed by atoms with Gasteiger partial charge in [-0.25, -0.2) is 0 Å². The number of anilines is 2. The van der Waals surface area contributed by atoms with Crippen LogP contribution >= 0.6 is 0 Å². The van der Waals surface area contributed by atoms with Gasteiger partial charge in [-0.1, -0.05) is 24.3 Å². The summed E-state index contributed by atoms with van der Waals surface area (Å²) in [6.45, 7) is 0. The summed E-state index contributed by atoms with van der Waals surface area (Å²) in [4.78, 5) is 11.3. The maximum absolute atomic E-state index is 11.3. The monoisotopic (exact) mass is 228 g/mol. The third kappa shape index (κ3) is 1.42. The molecule has 0 bridgehead atoms. The van der Waals surface area contributed by atoms with Gasteiger partial charge in [0.15, 0.2) is 11.5 Å². The van der Waals surface area contributed by atoms with Gasteiger partial charge in [0.25, 0.3) is 0 Å². The van der Waals surface area contributed by atoms with Gasteiger partial charge in [-0.3, -0.25) is 0 Å². The van der Waals surface area contributed by atoms with Gasteiger partial charge in [-0.2, -0.15) is 0 Å². The Morgan fingerprint density at radius 1 is 0.941 bits per heavy atom. The van der Waals surface area contributed by atoms with Crippen LogP contribution < -0.4 is 9.68 Å². The molecule has 1 aliphatic rings. The predicted molar refractivity (Wildman–Crippen MR) is 64.3 cm³/mol. The van der Waals surface area contributed by atoms with E-state index in [1.165, 1.54) is 0 Å². The molecule has 4 nitrogen and oxygen atoms in total. The molecule has 0 spiro atoms. The van der Waals surface area contributed by atoms with Crippen LogP contribution in [0.4, 0.5) is 16.2 Å². The minimum Gasteiger partial charge on any atom is -0.448 e. The Bertz CT molecular complexity index is 549. The number of carbonyl (C=O) groups is 1. The molecule has 0 aromatic heterocycles. The van der Waals surface area contributed by atoms with Crippen molar-refractivity contribution < 1.29 is 14.3 Å². The maximum atomic E-state index is 11.3. The number of rotatable bonds is 0. The van der Waals surface area contributed by atoms with Crippen LogP contribution in [0.5, 0.6) is 11.5 Å². The summed E-state index contributed by atoms with van der Waals surface area (Å²) < 4.78 is 2.23. The molecule has 0 unspecified atom stereocenters. The van der Waals surface area contributed by atoms with Gasteiger partial charge in [0.2, 0.25) is 0 Å². The molecule has 1 heterocycles.